The van der Waals surface area contributed by atoms with E-state index in [1.54, 1.807) is 0 Å². The summed E-state index contributed by atoms with van der Waals surface area (Å²) in [4.78, 5) is 2.28. The number of fused-ring (bicyclic) bond motifs is 1. The standard InChI is InChI=1S/C16H22N2/c1-13-3-5-16-12-14(4-6-15(16)11-13)7-9-18(2)10-8-17/h3-6,11-12H,7-10,17H2,1-2H3. The van der Waals surface area contributed by atoms with Crippen LogP contribution in [0.25, 0.3) is 10.8 Å². The van der Waals surface area contributed by atoms with Gasteiger partial charge >= 0.3 is 0 Å². The van der Waals surface area contributed by atoms with E-state index in [0.29, 0.717) is 0 Å². The maximum absolute atomic E-state index is 5.55. The van der Waals surface area contributed by atoms with Gasteiger partial charge in [-0.2, -0.15) is 0 Å². The summed E-state index contributed by atoms with van der Waals surface area (Å²) in [5.41, 5.74) is 8.26. The third-order valence-electron chi connectivity index (χ3n) is 3.35. The molecule has 2 N–H and O–H groups in total. The minimum absolute atomic E-state index is 0.730. The Hall–Kier alpha value is -1.38. The molecule has 0 aliphatic carbocycles. The maximum Gasteiger partial charge on any atom is 0.0102 e. The van der Waals surface area contributed by atoms with E-state index in [2.05, 4.69) is 55.3 Å². The Balaban J connectivity index is 2.08. The molecule has 0 saturated heterocycles. The third kappa shape index (κ3) is 3.31. The van der Waals surface area contributed by atoms with Gasteiger partial charge in [-0.25, -0.2) is 0 Å². The zero-order valence-corrected chi connectivity index (χ0v) is 11.3. The molecule has 0 unspecified atom stereocenters. The largest absolute Gasteiger partial charge is 0.329 e. The fraction of sp³-hybridized carbons (Fsp3) is 0.375. The molecule has 0 amide bonds. The Morgan fingerprint density at radius 1 is 1.00 bits per heavy atom. The summed E-state index contributed by atoms with van der Waals surface area (Å²) >= 11 is 0. The Bertz CT molecular complexity index is 519. The molecule has 0 heterocycles. The highest BCUT2D eigenvalue weighted by molar-refractivity contribution is 5.83. The van der Waals surface area contributed by atoms with Gasteiger partial charge in [-0.3, -0.25) is 0 Å². The van der Waals surface area contributed by atoms with Gasteiger partial charge in [-0.15, -0.1) is 0 Å². The smallest absolute Gasteiger partial charge is 0.0102 e. The molecule has 2 rings (SSSR count). The number of likely N-dealkylation sites (N-methyl/N-ethyl adjacent to an activating group) is 1. The molecule has 0 radical (unpaired) electrons. The first-order chi connectivity index (χ1) is 8.69. The lowest BCUT2D eigenvalue weighted by Gasteiger charge is -2.15. The van der Waals surface area contributed by atoms with Crippen molar-refractivity contribution in [3.05, 3.63) is 47.5 Å². The van der Waals surface area contributed by atoms with Gasteiger partial charge in [0.05, 0.1) is 0 Å². The lowest BCUT2D eigenvalue weighted by molar-refractivity contribution is 0.348. The molecule has 0 aromatic heterocycles. The molecule has 0 bridgehead atoms. The van der Waals surface area contributed by atoms with E-state index in [-0.39, 0.29) is 0 Å². The zero-order valence-electron chi connectivity index (χ0n) is 11.3. The Morgan fingerprint density at radius 3 is 2.50 bits per heavy atom. The molecule has 96 valence electrons. The first kappa shape index (κ1) is 13.1. The zero-order chi connectivity index (χ0) is 13.0. The summed E-state index contributed by atoms with van der Waals surface area (Å²) in [6.45, 7) is 4.89. The van der Waals surface area contributed by atoms with Crippen molar-refractivity contribution in [3.63, 3.8) is 0 Å². The van der Waals surface area contributed by atoms with Crippen LogP contribution in [0.1, 0.15) is 11.1 Å². The van der Waals surface area contributed by atoms with Gasteiger partial charge in [0.15, 0.2) is 0 Å². The lowest BCUT2D eigenvalue weighted by atomic mass is 10.0. The quantitative estimate of drug-likeness (QED) is 0.873. The van der Waals surface area contributed by atoms with Crippen molar-refractivity contribution in [1.82, 2.24) is 4.90 Å². The third-order valence-corrected chi connectivity index (χ3v) is 3.35. The van der Waals surface area contributed by atoms with Crippen molar-refractivity contribution >= 4 is 10.8 Å². The molecule has 2 aromatic carbocycles. The molecule has 2 heteroatoms. The van der Waals surface area contributed by atoms with Crippen LogP contribution >= 0.6 is 0 Å². The highest BCUT2D eigenvalue weighted by atomic mass is 15.1. The Kier molecular flexibility index (Phi) is 4.34. The van der Waals surface area contributed by atoms with Crippen molar-refractivity contribution in [2.75, 3.05) is 26.7 Å². The monoisotopic (exact) mass is 242 g/mol. The van der Waals surface area contributed by atoms with Gasteiger partial charge in [-0.05, 0) is 36.7 Å². The van der Waals surface area contributed by atoms with Crippen molar-refractivity contribution in [2.45, 2.75) is 13.3 Å². The minimum atomic E-state index is 0.730. The van der Waals surface area contributed by atoms with E-state index >= 15 is 0 Å². The fourth-order valence-electron chi connectivity index (χ4n) is 2.22. The van der Waals surface area contributed by atoms with Crippen LogP contribution in [0, 0.1) is 6.92 Å². The number of benzene rings is 2. The average molecular weight is 242 g/mol. The van der Waals surface area contributed by atoms with Crippen molar-refractivity contribution in [2.24, 2.45) is 5.73 Å². The fourth-order valence-corrected chi connectivity index (χ4v) is 2.22. The number of hydrogen-bond donors (Lipinski definition) is 1. The summed E-state index contributed by atoms with van der Waals surface area (Å²) < 4.78 is 0. The molecule has 2 nitrogen and oxygen atoms in total. The SMILES string of the molecule is Cc1ccc2cc(CCN(C)CCN)ccc2c1. The second kappa shape index (κ2) is 5.98. The first-order valence-corrected chi connectivity index (χ1v) is 6.57. The molecular weight excluding hydrogens is 220 g/mol. The second-order valence-electron chi connectivity index (χ2n) is 5.03. The molecular formula is C16H22N2. The molecule has 0 spiro atoms. The number of rotatable bonds is 5. The van der Waals surface area contributed by atoms with Crippen LogP contribution in [0.3, 0.4) is 0 Å². The van der Waals surface area contributed by atoms with Gasteiger partial charge in [0.2, 0.25) is 0 Å². The molecule has 0 aliphatic rings. The topological polar surface area (TPSA) is 29.3 Å². The lowest BCUT2D eigenvalue weighted by Crippen LogP contribution is -2.27. The summed E-state index contributed by atoms with van der Waals surface area (Å²) in [5, 5.41) is 2.66. The van der Waals surface area contributed by atoms with E-state index in [0.717, 1.165) is 26.1 Å². The number of nitrogens with two attached hydrogens (primary N) is 1. The Morgan fingerprint density at radius 2 is 1.72 bits per heavy atom. The average Bonchev–Trinajstić information content (AvgIpc) is 2.36. The van der Waals surface area contributed by atoms with E-state index in [1.807, 2.05) is 0 Å². The van der Waals surface area contributed by atoms with Crippen LogP contribution in [-0.2, 0) is 6.42 Å². The molecule has 18 heavy (non-hydrogen) atoms. The van der Waals surface area contributed by atoms with E-state index in [1.165, 1.54) is 21.9 Å². The van der Waals surface area contributed by atoms with Crippen LogP contribution < -0.4 is 5.73 Å². The number of nitrogens with zero attached hydrogens (tertiary/aromatic N) is 1. The van der Waals surface area contributed by atoms with Crippen LogP contribution in [-0.4, -0.2) is 31.6 Å². The van der Waals surface area contributed by atoms with Crippen molar-refractivity contribution < 1.29 is 0 Å². The summed E-state index contributed by atoms with van der Waals surface area (Å²) in [6.07, 6.45) is 1.08. The second-order valence-corrected chi connectivity index (χ2v) is 5.03. The van der Waals surface area contributed by atoms with Crippen molar-refractivity contribution in [1.29, 1.82) is 0 Å². The predicted octanol–water partition coefficient (Wildman–Crippen LogP) is 2.58. The molecule has 0 aliphatic heterocycles. The van der Waals surface area contributed by atoms with Crippen LogP contribution in [0.4, 0.5) is 0 Å². The predicted molar refractivity (Wildman–Crippen MR) is 78.9 cm³/mol. The number of hydrogen-bond acceptors (Lipinski definition) is 2. The van der Waals surface area contributed by atoms with Crippen LogP contribution in [0.15, 0.2) is 36.4 Å². The summed E-state index contributed by atoms with van der Waals surface area (Å²) in [6, 6.07) is 13.4. The molecule has 0 atom stereocenters. The molecule has 0 fully saturated rings. The highest BCUT2D eigenvalue weighted by Gasteiger charge is 2.00. The first-order valence-electron chi connectivity index (χ1n) is 6.57. The maximum atomic E-state index is 5.55. The van der Waals surface area contributed by atoms with E-state index in [4.69, 9.17) is 5.73 Å². The van der Waals surface area contributed by atoms with Gasteiger partial charge in [0, 0.05) is 19.6 Å². The van der Waals surface area contributed by atoms with Gasteiger partial charge in [0.1, 0.15) is 0 Å². The van der Waals surface area contributed by atoms with Crippen LogP contribution in [0.2, 0.25) is 0 Å². The van der Waals surface area contributed by atoms with Crippen LogP contribution in [0.5, 0.6) is 0 Å². The van der Waals surface area contributed by atoms with Crippen molar-refractivity contribution in [3.8, 4) is 0 Å². The minimum Gasteiger partial charge on any atom is -0.329 e. The normalized spacial score (nSPS) is 11.3. The van der Waals surface area contributed by atoms with E-state index in [9.17, 15) is 0 Å². The number of aryl methyl sites for hydroxylation is 1. The Labute approximate surface area is 109 Å². The summed E-state index contributed by atoms with van der Waals surface area (Å²) in [5.74, 6) is 0. The van der Waals surface area contributed by atoms with Gasteiger partial charge in [0.25, 0.3) is 0 Å². The van der Waals surface area contributed by atoms with Gasteiger partial charge < -0.3 is 10.6 Å². The summed E-state index contributed by atoms with van der Waals surface area (Å²) in [7, 11) is 2.12. The van der Waals surface area contributed by atoms with E-state index < -0.39 is 0 Å². The van der Waals surface area contributed by atoms with Gasteiger partial charge in [-0.1, -0.05) is 42.0 Å². The molecule has 0 saturated carbocycles. The highest BCUT2D eigenvalue weighted by Crippen LogP contribution is 2.18. The molecule has 2 aromatic rings.